The lowest BCUT2D eigenvalue weighted by molar-refractivity contribution is 0.409. The third-order valence-corrected chi connectivity index (χ3v) is 4.65. The summed E-state index contributed by atoms with van der Waals surface area (Å²) in [6, 6.07) is 15.4. The van der Waals surface area contributed by atoms with Gasteiger partial charge in [0, 0.05) is 5.56 Å². The van der Waals surface area contributed by atoms with Gasteiger partial charge < -0.3 is 4.74 Å². The second kappa shape index (κ2) is 4.52. The average Bonchev–Trinajstić information content (AvgIpc) is 2.53. The van der Waals surface area contributed by atoms with Crippen LogP contribution in [-0.4, -0.2) is 7.11 Å². The van der Waals surface area contributed by atoms with Gasteiger partial charge in [-0.15, -0.1) is 0 Å². The molecule has 0 N–H and O–H groups in total. The highest BCUT2D eigenvalue weighted by Crippen LogP contribution is 2.45. The van der Waals surface area contributed by atoms with Crippen molar-refractivity contribution in [3.8, 4) is 5.75 Å². The van der Waals surface area contributed by atoms with Crippen molar-refractivity contribution in [3.63, 3.8) is 0 Å². The van der Waals surface area contributed by atoms with Crippen LogP contribution in [0, 0.1) is 0 Å². The van der Waals surface area contributed by atoms with Gasteiger partial charge in [0.05, 0.1) is 7.11 Å². The number of hydrogen-bond donors (Lipinski definition) is 0. The molecule has 0 unspecified atom stereocenters. The van der Waals surface area contributed by atoms with E-state index in [0.717, 1.165) is 31.4 Å². The first kappa shape index (κ1) is 11.8. The summed E-state index contributed by atoms with van der Waals surface area (Å²) >= 11 is 0. The fourth-order valence-corrected chi connectivity index (χ4v) is 3.74. The van der Waals surface area contributed by atoms with E-state index in [0.29, 0.717) is 0 Å². The summed E-state index contributed by atoms with van der Waals surface area (Å²) in [5, 5.41) is 0. The number of allylic oxidation sites excluding steroid dienone is 2. The van der Waals surface area contributed by atoms with Gasteiger partial charge in [-0.25, -0.2) is 0 Å². The molecular formula is C19H18O. The quantitative estimate of drug-likeness (QED) is 0.735. The van der Waals surface area contributed by atoms with Gasteiger partial charge in [-0.2, -0.15) is 0 Å². The van der Waals surface area contributed by atoms with Gasteiger partial charge in [0.25, 0.3) is 0 Å². The molecule has 1 nitrogen and oxygen atoms in total. The van der Waals surface area contributed by atoms with Crippen LogP contribution in [0.4, 0.5) is 0 Å². The summed E-state index contributed by atoms with van der Waals surface area (Å²) in [5.74, 6) is 1.05. The van der Waals surface area contributed by atoms with Crippen LogP contribution in [0.3, 0.4) is 0 Å². The van der Waals surface area contributed by atoms with E-state index in [1.807, 2.05) is 0 Å². The fourth-order valence-electron chi connectivity index (χ4n) is 3.74. The number of ether oxygens (including phenoxy) is 1. The Morgan fingerprint density at radius 2 is 1.50 bits per heavy atom. The van der Waals surface area contributed by atoms with Crippen LogP contribution in [-0.2, 0) is 12.8 Å². The van der Waals surface area contributed by atoms with Crippen molar-refractivity contribution in [1.82, 2.24) is 0 Å². The lowest BCUT2D eigenvalue weighted by Crippen LogP contribution is -2.12. The van der Waals surface area contributed by atoms with Gasteiger partial charge in [-0.05, 0) is 59.6 Å². The third-order valence-electron chi connectivity index (χ3n) is 4.65. The van der Waals surface area contributed by atoms with Gasteiger partial charge in [0.15, 0.2) is 0 Å². The van der Waals surface area contributed by atoms with Crippen molar-refractivity contribution in [2.75, 3.05) is 7.11 Å². The predicted molar refractivity (Wildman–Crippen MR) is 82.9 cm³/mol. The van der Waals surface area contributed by atoms with Gasteiger partial charge in [-0.3, -0.25) is 0 Å². The van der Waals surface area contributed by atoms with Crippen LogP contribution in [0.1, 0.15) is 35.1 Å². The molecule has 0 saturated heterocycles. The smallest absolute Gasteiger partial charge is 0.122 e. The monoisotopic (exact) mass is 262 g/mol. The first-order valence-electron chi connectivity index (χ1n) is 7.35. The lowest BCUT2D eigenvalue weighted by atomic mass is 9.75. The number of rotatable bonds is 1. The lowest BCUT2D eigenvalue weighted by Gasteiger charge is -2.30. The molecule has 0 heterocycles. The molecule has 2 aliphatic carbocycles. The Hall–Kier alpha value is -2.02. The Morgan fingerprint density at radius 3 is 2.40 bits per heavy atom. The maximum absolute atomic E-state index is 5.54. The maximum Gasteiger partial charge on any atom is 0.122 e. The molecule has 0 spiro atoms. The van der Waals surface area contributed by atoms with Gasteiger partial charge in [0.2, 0.25) is 0 Å². The zero-order valence-corrected chi connectivity index (χ0v) is 11.8. The van der Waals surface area contributed by atoms with E-state index < -0.39 is 0 Å². The summed E-state index contributed by atoms with van der Waals surface area (Å²) in [4.78, 5) is 0. The van der Waals surface area contributed by atoms with Crippen LogP contribution in [0.15, 0.2) is 42.5 Å². The second-order valence-electron chi connectivity index (χ2n) is 5.60. The van der Waals surface area contributed by atoms with E-state index in [9.17, 15) is 0 Å². The standard InChI is InChI=1S/C19H18O/c1-20-19-8-4-7-15-17-10-9-13-5-2-3-6-14(13)16(17)11-12-18(15)19/h2-8H,9-12H2,1H3. The van der Waals surface area contributed by atoms with E-state index in [4.69, 9.17) is 4.74 Å². The van der Waals surface area contributed by atoms with Crippen LogP contribution < -0.4 is 4.74 Å². The molecule has 0 bridgehead atoms. The average molecular weight is 262 g/mol. The first-order chi connectivity index (χ1) is 9.88. The number of methoxy groups -OCH3 is 1. The van der Waals surface area contributed by atoms with Crippen molar-refractivity contribution in [2.45, 2.75) is 25.7 Å². The molecule has 0 saturated carbocycles. The van der Waals surface area contributed by atoms with Crippen LogP contribution in [0.25, 0.3) is 11.1 Å². The number of benzene rings is 2. The van der Waals surface area contributed by atoms with E-state index in [2.05, 4.69) is 42.5 Å². The Kier molecular flexibility index (Phi) is 2.66. The maximum atomic E-state index is 5.54. The summed E-state index contributed by atoms with van der Waals surface area (Å²) in [6.07, 6.45) is 4.55. The Morgan fingerprint density at radius 1 is 0.750 bits per heavy atom. The van der Waals surface area contributed by atoms with Crippen molar-refractivity contribution in [1.29, 1.82) is 0 Å². The molecule has 100 valence electrons. The van der Waals surface area contributed by atoms with Crippen molar-refractivity contribution in [3.05, 3.63) is 64.7 Å². The molecule has 0 atom stereocenters. The topological polar surface area (TPSA) is 9.23 Å². The third kappa shape index (κ3) is 1.62. The summed E-state index contributed by atoms with van der Waals surface area (Å²) in [5.41, 5.74) is 8.91. The normalized spacial score (nSPS) is 16.2. The Labute approximate surface area is 119 Å². The highest BCUT2D eigenvalue weighted by atomic mass is 16.5. The largest absolute Gasteiger partial charge is 0.496 e. The molecule has 1 heteroatoms. The Balaban J connectivity index is 1.93. The second-order valence-corrected chi connectivity index (χ2v) is 5.60. The van der Waals surface area contributed by atoms with E-state index in [1.165, 1.54) is 22.3 Å². The van der Waals surface area contributed by atoms with E-state index in [-0.39, 0.29) is 0 Å². The summed E-state index contributed by atoms with van der Waals surface area (Å²) < 4.78 is 5.54. The molecule has 4 rings (SSSR count). The number of hydrogen-bond acceptors (Lipinski definition) is 1. The zero-order valence-electron chi connectivity index (χ0n) is 11.8. The molecule has 2 aliphatic rings. The molecule has 0 radical (unpaired) electrons. The molecule has 0 aliphatic heterocycles. The minimum absolute atomic E-state index is 1.05. The number of aryl methyl sites for hydroxylation is 1. The molecule has 0 fully saturated rings. The zero-order chi connectivity index (χ0) is 13.5. The molecule has 2 aromatic carbocycles. The van der Waals surface area contributed by atoms with Gasteiger partial charge >= 0.3 is 0 Å². The van der Waals surface area contributed by atoms with Crippen molar-refractivity contribution < 1.29 is 4.74 Å². The van der Waals surface area contributed by atoms with Gasteiger partial charge in [-0.1, -0.05) is 36.4 Å². The highest BCUT2D eigenvalue weighted by Gasteiger charge is 2.26. The van der Waals surface area contributed by atoms with Crippen LogP contribution in [0.5, 0.6) is 5.75 Å². The molecule has 0 amide bonds. The van der Waals surface area contributed by atoms with E-state index in [1.54, 1.807) is 18.3 Å². The van der Waals surface area contributed by atoms with Crippen molar-refractivity contribution in [2.24, 2.45) is 0 Å². The van der Waals surface area contributed by atoms with Crippen molar-refractivity contribution >= 4 is 11.1 Å². The van der Waals surface area contributed by atoms with Gasteiger partial charge in [0.1, 0.15) is 5.75 Å². The summed E-state index contributed by atoms with van der Waals surface area (Å²) in [7, 11) is 1.77. The summed E-state index contributed by atoms with van der Waals surface area (Å²) in [6.45, 7) is 0. The van der Waals surface area contributed by atoms with Crippen LogP contribution >= 0.6 is 0 Å². The highest BCUT2D eigenvalue weighted by molar-refractivity contribution is 5.96. The molecule has 20 heavy (non-hydrogen) atoms. The molecule has 2 aromatic rings. The number of fused-ring (bicyclic) bond motifs is 4. The SMILES string of the molecule is COc1cccc2c1CCC1=C2CCc2ccccc21. The predicted octanol–water partition coefficient (Wildman–Crippen LogP) is 4.50. The minimum Gasteiger partial charge on any atom is -0.496 e. The van der Waals surface area contributed by atoms with Crippen LogP contribution in [0.2, 0.25) is 0 Å². The molecular weight excluding hydrogens is 244 g/mol. The first-order valence-corrected chi connectivity index (χ1v) is 7.35. The van der Waals surface area contributed by atoms with E-state index >= 15 is 0 Å². The minimum atomic E-state index is 1.05. The fraction of sp³-hybridized carbons (Fsp3) is 0.263. The molecule has 0 aromatic heterocycles. The Bertz CT molecular complexity index is 709.